The monoisotopic (exact) mass is 354 g/mol. The van der Waals surface area contributed by atoms with Gasteiger partial charge in [-0.2, -0.15) is 0 Å². The van der Waals surface area contributed by atoms with Gasteiger partial charge in [-0.3, -0.25) is 0 Å². The molecular formula is C15H19BrN2O3. The van der Waals surface area contributed by atoms with E-state index in [-0.39, 0.29) is 5.97 Å². The van der Waals surface area contributed by atoms with E-state index in [1.165, 1.54) is 7.11 Å². The summed E-state index contributed by atoms with van der Waals surface area (Å²) in [5.41, 5.74) is 1.96. The molecule has 5 nitrogen and oxygen atoms in total. The lowest BCUT2D eigenvalue weighted by atomic mass is 10.1. The zero-order chi connectivity index (χ0) is 15.4. The number of hydrogen-bond acceptors (Lipinski definition) is 4. The van der Waals surface area contributed by atoms with Crippen LogP contribution in [0.15, 0.2) is 21.6 Å². The number of amidine groups is 1. The summed E-state index contributed by atoms with van der Waals surface area (Å²) in [6.45, 7) is 6.85. The smallest absolute Gasteiger partial charge is 0.340 e. The fraction of sp³-hybridized carbons (Fsp3) is 0.467. The summed E-state index contributed by atoms with van der Waals surface area (Å²) in [4.78, 5) is 18.8. The summed E-state index contributed by atoms with van der Waals surface area (Å²) < 4.78 is 11.0. The third-order valence-electron chi connectivity index (χ3n) is 3.47. The number of benzene rings is 1. The first kappa shape index (κ1) is 16.0. The minimum Gasteiger partial charge on any atom is -0.465 e. The number of carbonyl (C=O) groups excluding carboxylic acids is 1. The lowest BCUT2D eigenvalue weighted by Crippen LogP contribution is -2.39. The third kappa shape index (κ3) is 3.63. The van der Waals surface area contributed by atoms with E-state index >= 15 is 0 Å². The number of methoxy groups -OCH3 is 1. The van der Waals surface area contributed by atoms with Crippen LogP contribution in [0.3, 0.4) is 0 Å². The van der Waals surface area contributed by atoms with Crippen molar-refractivity contribution in [2.24, 2.45) is 4.99 Å². The lowest BCUT2D eigenvalue weighted by molar-refractivity contribution is 0.0600. The van der Waals surface area contributed by atoms with Gasteiger partial charge in [0.05, 0.1) is 31.6 Å². The summed E-state index contributed by atoms with van der Waals surface area (Å²) in [5, 5.41) is 0. The van der Waals surface area contributed by atoms with Crippen molar-refractivity contribution >= 4 is 33.4 Å². The predicted octanol–water partition coefficient (Wildman–Crippen LogP) is 2.93. The molecule has 1 aromatic carbocycles. The highest BCUT2D eigenvalue weighted by Crippen LogP contribution is 2.32. The molecule has 0 spiro atoms. The zero-order valence-corrected chi connectivity index (χ0v) is 14.1. The Labute approximate surface area is 133 Å². The fourth-order valence-corrected chi connectivity index (χ4v) is 2.67. The van der Waals surface area contributed by atoms with Gasteiger partial charge in [0.2, 0.25) is 0 Å². The highest BCUT2D eigenvalue weighted by Gasteiger charge is 2.19. The molecule has 0 N–H and O–H groups in total. The molecule has 0 aromatic heterocycles. The van der Waals surface area contributed by atoms with Crippen LogP contribution in [0.2, 0.25) is 0 Å². The highest BCUT2D eigenvalue weighted by atomic mass is 79.9. The molecule has 0 atom stereocenters. The molecule has 0 saturated carbocycles. The number of nitrogens with zero attached hydrogens (tertiary/aromatic N) is 2. The molecule has 0 radical (unpaired) electrons. The largest absolute Gasteiger partial charge is 0.465 e. The SMILES string of the molecule is COC(=O)c1c(C)ccc(Br)c1N=C(C)N1CCOCC1. The van der Waals surface area contributed by atoms with Crippen LogP contribution < -0.4 is 0 Å². The average Bonchev–Trinajstić information content (AvgIpc) is 2.51. The number of aryl methyl sites for hydroxylation is 1. The van der Waals surface area contributed by atoms with Crippen LogP contribution in [0.25, 0.3) is 0 Å². The van der Waals surface area contributed by atoms with Crippen LogP contribution in [-0.4, -0.2) is 50.1 Å². The number of carbonyl (C=O) groups is 1. The molecule has 1 heterocycles. The highest BCUT2D eigenvalue weighted by molar-refractivity contribution is 9.10. The van der Waals surface area contributed by atoms with Crippen molar-refractivity contribution in [3.8, 4) is 0 Å². The molecule has 1 aromatic rings. The topological polar surface area (TPSA) is 51.1 Å². The Morgan fingerprint density at radius 2 is 2.05 bits per heavy atom. The number of esters is 1. The molecule has 1 aliphatic heterocycles. The van der Waals surface area contributed by atoms with E-state index in [2.05, 4.69) is 25.8 Å². The Kier molecular flexibility index (Phi) is 5.36. The molecule has 2 rings (SSSR count). The van der Waals surface area contributed by atoms with E-state index in [0.29, 0.717) is 24.5 Å². The van der Waals surface area contributed by atoms with Gasteiger partial charge >= 0.3 is 5.97 Å². The summed E-state index contributed by atoms with van der Waals surface area (Å²) in [7, 11) is 1.38. The van der Waals surface area contributed by atoms with Gasteiger partial charge in [-0.05, 0) is 41.4 Å². The molecule has 21 heavy (non-hydrogen) atoms. The van der Waals surface area contributed by atoms with Crippen LogP contribution in [0.5, 0.6) is 0 Å². The quantitative estimate of drug-likeness (QED) is 0.465. The summed E-state index contributed by atoms with van der Waals surface area (Å²) in [5.74, 6) is 0.497. The summed E-state index contributed by atoms with van der Waals surface area (Å²) in [6, 6.07) is 3.77. The number of rotatable bonds is 2. The van der Waals surface area contributed by atoms with E-state index in [1.807, 2.05) is 26.0 Å². The van der Waals surface area contributed by atoms with Crippen molar-refractivity contribution in [1.82, 2.24) is 4.90 Å². The standard InChI is InChI=1S/C15H19BrN2O3/c1-10-4-5-12(16)14(13(10)15(19)20-3)17-11(2)18-6-8-21-9-7-18/h4-5H,6-9H2,1-3H3. The van der Waals surface area contributed by atoms with Crippen LogP contribution in [0.4, 0.5) is 5.69 Å². The Morgan fingerprint density at radius 1 is 1.38 bits per heavy atom. The first-order valence-electron chi connectivity index (χ1n) is 6.80. The maximum atomic E-state index is 12.0. The van der Waals surface area contributed by atoms with Crippen LogP contribution in [-0.2, 0) is 9.47 Å². The second-order valence-electron chi connectivity index (χ2n) is 4.84. The van der Waals surface area contributed by atoms with Gasteiger partial charge in [-0.1, -0.05) is 6.07 Å². The van der Waals surface area contributed by atoms with Crippen molar-refractivity contribution in [3.63, 3.8) is 0 Å². The lowest BCUT2D eigenvalue weighted by Gasteiger charge is -2.28. The minimum absolute atomic E-state index is 0.373. The molecular weight excluding hydrogens is 336 g/mol. The number of halogens is 1. The molecule has 0 aliphatic carbocycles. The van der Waals surface area contributed by atoms with E-state index < -0.39 is 0 Å². The number of hydrogen-bond donors (Lipinski definition) is 0. The van der Waals surface area contributed by atoms with Crippen molar-refractivity contribution in [2.75, 3.05) is 33.4 Å². The number of ether oxygens (including phenoxy) is 2. The first-order valence-corrected chi connectivity index (χ1v) is 7.59. The van der Waals surface area contributed by atoms with Gasteiger partial charge < -0.3 is 14.4 Å². The van der Waals surface area contributed by atoms with E-state index in [1.54, 1.807) is 0 Å². The predicted molar refractivity (Wildman–Crippen MR) is 85.4 cm³/mol. The molecule has 1 aliphatic rings. The van der Waals surface area contributed by atoms with Gasteiger partial charge in [0.15, 0.2) is 0 Å². The molecule has 114 valence electrons. The molecule has 6 heteroatoms. The Balaban J connectivity index is 2.42. The normalized spacial score (nSPS) is 16.0. The Hall–Kier alpha value is -1.40. The molecule has 0 bridgehead atoms. The molecule has 1 fully saturated rings. The molecule has 1 saturated heterocycles. The zero-order valence-electron chi connectivity index (χ0n) is 12.5. The maximum absolute atomic E-state index is 12.0. The van der Waals surface area contributed by atoms with E-state index in [4.69, 9.17) is 9.47 Å². The minimum atomic E-state index is -0.373. The Morgan fingerprint density at radius 3 is 2.67 bits per heavy atom. The molecule has 0 unspecified atom stereocenters. The van der Waals surface area contributed by atoms with Gasteiger partial charge in [0, 0.05) is 17.6 Å². The van der Waals surface area contributed by atoms with Gasteiger partial charge in [0.25, 0.3) is 0 Å². The second kappa shape index (κ2) is 7.04. The van der Waals surface area contributed by atoms with Gasteiger partial charge in [-0.15, -0.1) is 0 Å². The van der Waals surface area contributed by atoms with Crippen LogP contribution in [0.1, 0.15) is 22.8 Å². The Bertz CT molecular complexity index is 566. The van der Waals surface area contributed by atoms with Gasteiger partial charge in [-0.25, -0.2) is 9.79 Å². The maximum Gasteiger partial charge on any atom is 0.340 e. The van der Waals surface area contributed by atoms with Crippen molar-refractivity contribution in [1.29, 1.82) is 0 Å². The van der Waals surface area contributed by atoms with Crippen LogP contribution >= 0.6 is 15.9 Å². The number of aliphatic imine (C=N–C) groups is 1. The van der Waals surface area contributed by atoms with E-state index in [9.17, 15) is 4.79 Å². The van der Waals surface area contributed by atoms with E-state index in [0.717, 1.165) is 29.0 Å². The second-order valence-corrected chi connectivity index (χ2v) is 5.69. The van der Waals surface area contributed by atoms with Gasteiger partial charge in [0.1, 0.15) is 5.84 Å². The van der Waals surface area contributed by atoms with Crippen molar-refractivity contribution in [2.45, 2.75) is 13.8 Å². The third-order valence-corrected chi connectivity index (χ3v) is 4.11. The molecule has 0 amide bonds. The number of morpholine rings is 1. The average molecular weight is 355 g/mol. The van der Waals surface area contributed by atoms with Crippen LogP contribution in [0, 0.1) is 6.92 Å². The van der Waals surface area contributed by atoms with Crippen molar-refractivity contribution < 1.29 is 14.3 Å². The summed E-state index contributed by atoms with van der Waals surface area (Å²) >= 11 is 3.47. The van der Waals surface area contributed by atoms with Crippen molar-refractivity contribution in [3.05, 3.63) is 27.7 Å². The first-order chi connectivity index (χ1) is 10.0. The summed E-state index contributed by atoms with van der Waals surface area (Å²) in [6.07, 6.45) is 0. The fourth-order valence-electron chi connectivity index (χ4n) is 2.26.